The second-order valence-corrected chi connectivity index (χ2v) is 10.6. The first-order valence-electron chi connectivity index (χ1n) is 14.3. The first-order valence-corrected chi connectivity index (χ1v) is 14.3. The zero-order valence-electron chi connectivity index (χ0n) is 23.9. The van der Waals surface area contributed by atoms with Crippen molar-refractivity contribution in [3.63, 3.8) is 0 Å². The number of aliphatic hydroxyl groups excluding tert-OH is 1. The topological polar surface area (TPSA) is 96.0 Å². The molecule has 2 heterocycles. The van der Waals surface area contributed by atoms with E-state index >= 15 is 0 Å². The Kier molecular flexibility index (Phi) is 10.3. The first-order chi connectivity index (χ1) is 20.6. The van der Waals surface area contributed by atoms with Crippen LogP contribution in [-0.2, 0) is 29.0 Å². The molecule has 1 aliphatic rings. The molecule has 0 unspecified atom stereocenters. The van der Waals surface area contributed by atoms with Gasteiger partial charge in [0.15, 0.2) is 6.29 Å². The Morgan fingerprint density at radius 1 is 0.905 bits per heavy atom. The van der Waals surface area contributed by atoms with Crippen LogP contribution in [0.5, 0.6) is 0 Å². The standard InChI is InChI=1S/C34H38N4O4/c1-38(20-18-29-9-5-6-19-35-29)23-31-21-32(27-12-10-26(24-39)11-13-27)42-33(41-31)28-14-16-30(17-15-28)37-34(40)36-22-25-7-3-2-4-8-25/h2-17,19,31-33,39H,18,20-24H2,1H3,(H2,36,37,40)/t31-,32+,33+/m0/s1. The van der Waals surface area contributed by atoms with Crippen LogP contribution >= 0.6 is 0 Å². The van der Waals surface area contributed by atoms with E-state index in [1.807, 2.05) is 103 Å². The van der Waals surface area contributed by atoms with Gasteiger partial charge >= 0.3 is 6.03 Å². The third kappa shape index (κ3) is 8.47. The molecule has 1 saturated heterocycles. The lowest BCUT2D eigenvalue weighted by Gasteiger charge is -2.38. The summed E-state index contributed by atoms with van der Waals surface area (Å²) in [7, 11) is 2.10. The molecule has 3 N–H and O–H groups in total. The highest BCUT2D eigenvalue weighted by atomic mass is 16.7. The maximum atomic E-state index is 12.4. The van der Waals surface area contributed by atoms with Crippen molar-refractivity contribution in [2.24, 2.45) is 0 Å². The molecule has 1 aromatic heterocycles. The Morgan fingerprint density at radius 2 is 1.64 bits per heavy atom. The number of carbonyl (C=O) groups excluding carboxylic acids is 1. The van der Waals surface area contributed by atoms with Crippen LogP contribution in [0, 0.1) is 0 Å². The highest BCUT2D eigenvalue weighted by Gasteiger charge is 2.32. The van der Waals surface area contributed by atoms with E-state index in [0.29, 0.717) is 18.7 Å². The number of urea groups is 1. The third-order valence-electron chi connectivity index (χ3n) is 7.34. The van der Waals surface area contributed by atoms with Gasteiger partial charge in [0.1, 0.15) is 0 Å². The lowest BCUT2D eigenvalue weighted by molar-refractivity contribution is -0.252. The Hall–Kier alpha value is -4.08. The number of benzene rings is 3. The van der Waals surface area contributed by atoms with Gasteiger partial charge in [0.2, 0.25) is 0 Å². The SMILES string of the molecule is CN(CCc1ccccn1)C[C@@H]1C[C@H](c2ccc(CO)cc2)O[C@H](c2ccc(NC(=O)NCc3ccccc3)cc2)O1. The molecule has 3 atom stereocenters. The van der Waals surface area contributed by atoms with Crippen molar-refractivity contribution in [3.8, 4) is 0 Å². The number of carbonyl (C=O) groups is 1. The fraction of sp³-hybridized carbons (Fsp3) is 0.294. The molecule has 0 bridgehead atoms. The first kappa shape index (κ1) is 29.4. The van der Waals surface area contributed by atoms with Gasteiger partial charge in [-0.25, -0.2) is 4.79 Å². The number of ether oxygens (including phenoxy) is 2. The summed E-state index contributed by atoms with van der Waals surface area (Å²) in [5, 5.41) is 15.2. The number of rotatable bonds is 11. The van der Waals surface area contributed by atoms with Crippen LogP contribution in [0.15, 0.2) is 103 Å². The number of hydrogen-bond donors (Lipinski definition) is 3. The number of nitrogens with zero attached hydrogens (tertiary/aromatic N) is 2. The van der Waals surface area contributed by atoms with Crippen molar-refractivity contribution in [1.82, 2.24) is 15.2 Å². The number of pyridine rings is 1. The van der Waals surface area contributed by atoms with E-state index < -0.39 is 6.29 Å². The van der Waals surface area contributed by atoms with Gasteiger partial charge in [-0.2, -0.15) is 0 Å². The summed E-state index contributed by atoms with van der Waals surface area (Å²) in [4.78, 5) is 19.1. The Balaban J connectivity index is 1.23. The van der Waals surface area contributed by atoms with E-state index in [-0.39, 0.29) is 24.8 Å². The van der Waals surface area contributed by atoms with E-state index in [4.69, 9.17) is 9.47 Å². The average molecular weight is 567 g/mol. The van der Waals surface area contributed by atoms with Gasteiger partial charge in [0.25, 0.3) is 0 Å². The molecule has 0 saturated carbocycles. The zero-order chi connectivity index (χ0) is 29.1. The van der Waals surface area contributed by atoms with Crippen molar-refractivity contribution in [3.05, 3.63) is 131 Å². The summed E-state index contributed by atoms with van der Waals surface area (Å²) in [6.07, 6.45) is 2.63. The highest BCUT2D eigenvalue weighted by molar-refractivity contribution is 5.89. The molecular formula is C34H38N4O4. The van der Waals surface area contributed by atoms with Gasteiger partial charge in [-0.3, -0.25) is 4.98 Å². The van der Waals surface area contributed by atoms with Crippen molar-refractivity contribution in [2.45, 2.75) is 44.5 Å². The number of amides is 2. The second kappa shape index (κ2) is 14.7. The summed E-state index contributed by atoms with van der Waals surface area (Å²) in [5.74, 6) is 0. The molecule has 0 radical (unpaired) electrons. The van der Waals surface area contributed by atoms with Gasteiger partial charge in [0, 0.05) is 55.6 Å². The normalized spacial score (nSPS) is 18.5. The minimum atomic E-state index is -0.559. The van der Waals surface area contributed by atoms with E-state index in [9.17, 15) is 9.90 Å². The van der Waals surface area contributed by atoms with E-state index in [1.54, 1.807) is 0 Å². The molecule has 42 heavy (non-hydrogen) atoms. The van der Waals surface area contributed by atoms with Crippen LogP contribution in [0.4, 0.5) is 10.5 Å². The number of hydrogen-bond acceptors (Lipinski definition) is 6. The van der Waals surface area contributed by atoms with Gasteiger partial charge in [-0.1, -0.05) is 72.8 Å². The van der Waals surface area contributed by atoms with Crippen molar-refractivity contribution in [2.75, 3.05) is 25.5 Å². The van der Waals surface area contributed by atoms with Crippen LogP contribution in [0.3, 0.4) is 0 Å². The molecule has 4 aromatic rings. The van der Waals surface area contributed by atoms with E-state index in [0.717, 1.165) is 47.5 Å². The molecule has 5 rings (SSSR count). The predicted molar refractivity (Wildman–Crippen MR) is 163 cm³/mol. The van der Waals surface area contributed by atoms with Crippen LogP contribution < -0.4 is 10.6 Å². The van der Waals surface area contributed by atoms with Gasteiger partial charge < -0.3 is 30.1 Å². The fourth-order valence-electron chi connectivity index (χ4n) is 5.00. The second-order valence-electron chi connectivity index (χ2n) is 10.6. The molecule has 1 aliphatic heterocycles. The summed E-state index contributed by atoms with van der Waals surface area (Å²) in [5.41, 5.74) is 5.58. The quantitative estimate of drug-likeness (QED) is 0.218. The van der Waals surface area contributed by atoms with Gasteiger partial charge in [-0.15, -0.1) is 0 Å². The molecule has 8 nitrogen and oxygen atoms in total. The number of aromatic nitrogens is 1. The fourth-order valence-corrected chi connectivity index (χ4v) is 5.00. The van der Waals surface area contributed by atoms with Crippen LogP contribution in [0.25, 0.3) is 0 Å². The van der Waals surface area contributed by atoms with Gasteiger partial charge in [0.05, 0.1) is 18.8 Å². The third-order valence-corrected chi connectivity index (χ3v) is 7.34. The Morgan fingerprint density at radius 3 is 2.36 bits per heavy atom. The molecule has 8 heteroatoms. The van der Waals surface area contributed by atoms with E-state index in [1.165, 1.54) is 0 Å². The maximum absolute atomic E-state index is 12.4. The molecule has 2 amide bonds. The van der Waals surface area contributed by atoms with Crippen molar-refractivity contribution < 1.29 is 19.4 Å². The number of anilines is 1. The summed E-state index contributed by atoms with van der Waals surface area (Å²) in [6, 6.07) is 31.0. The Bertz CT molecular complexity index is 1380. The monoisotopic (exact) mass is 566 g/mol. The summed E-state index contributed by atoms with van der Waals surface area (Å²) >= 11 is 0. The summed E-state index contributed by atoms with van der Waals surface area (Å²) in [6.45, 7) is 2.07. The Labute approximate surface area is 247 Å². The molecule has 0 aliphatic carbocycles. The smallest absolute Gasteiger partial charge is 0.319 e. The largest absolute Gasteiger partial charge is 0.392 e. The predicted octanol–water partition coefficient (Wildman–Crippen LogP) is 5.62. The van der Waals surface area contributed by atoms with E-state index in [2.05, 4.69) is 27.6 Å². The number of nitrogens with one attached hydrogen (secondary N) is 2. The average Bonchev–Trinajstić information content (AvgIpc) is 3.04. The molecule has 3 aromatic carbocycles. The minimum Gasteiger partial charge on any atom is -0.392 e. The van der Waals surface area contributed by atoms with Crippen LogP contribution in [0.1, 0.15) is 46.8 Å². The highest BCUT2D eigenvalue weighted by Crippen LogP contribution is 2.38. The molecule has 1 fully saturated rings. The zero-order valence-corrected chi connectivity index (χ0v) is 23.9. The number of likely N-dealkylation sites (N-methyl/N-ethyl adjacent to an activating group) is 1. The maximum Gasteiger partial charge on any atom is 0.319 e. The molecule has 218 valence electrons. The lowest BCUT2D eigenvalue weighted by atomic mass is 9.99. The van der Waals surface area contributed by atoms with Gasteiger partial charge in [-0.05, 0) is 48.0 Å². The van der Waals surface area contributed by atoms with Crippen molar-refractivity contribution >= 4 is 11.7 Å². The lowest BCUT2D eigenvalue weighted by Crippen LogP contribution is -2.38. The molecular weight excluding hydrogens is 528 g/mol. The number of aliphatic hydroxyl groups is 1. The molecule has 0 spiro atoms. The van der Waals surface area contributed by atoms with Crippen molar-refractivity contribution in [1.29, 1.82) is 0 Å². The van der Waals surface area contributed by atoms with Crippen LogP contribution in [0.2, 0.25) is 0 Å². The summed E-state index contributed by atoms with van der Waals surface area (Å²) < 4.78 is 12.9. The minimum absolute atomic E-state index is 0.00585. The van der Waals surface area contributed by atoms with Crippen LogP contribution in [-0.4, -0.2) is 47.3 Å².